The summed E-state index contributed by atoms with van der Waals surface area (Å²) >= 11 is 0. The number of hydrogen-bond acceptors (Lipinski definition) is 5. The lowest BCUT2D eigenvalue weighted by Crippen LogP contribution is -2.34. The first-order chi connectivity index (χ1) is 7.83. The molecule has 0 amide bonds. The standard InChI is InChI=1S/C12H19NO4/c1-12(2,3)17-10(14)7-13-9-6-5-8(9)11(15)16-4/h13H,5-7H2,1-4H3. The van der Waals surface area contributed by atoms with Crippen LogP contribution in [0.3, 0.4) is 0 Å². The summed E-state index contributed by atoms with van der Waals surface area (Å²) in [5, 5.41) is 2.91. The molecule has 0 radical (unpaired) electrons. The molecule has 0 spiro atoms. The smallest absolute Gasteiger partial charge is 0.335 e. The van der Waals surface area contributed by atoms with Gasteiger partial charge in [0.15, 0.2) is 0 Å². The van der Waals surface area contributed by atoms with Gasteiger partial charge in [-0.2, -0.15) is 0 Å². The maximum Gasteiger partial charge on any atom is 0.335 e. The van der Waals surface area contributed by atoms with Crippen molar-refractivity contribution in [3.8, 4) is 0 Å². The minimum Gasteiger partial charge on any atom is -0.466 e. The summed E-state index contributed by atoms with van der Waals surface area (Å²) in [5.74, 6) is -0.663. The molecule has 0 aromatic carbocycles. The molecule has 0 heterocycles. The third kappa shape index (κ3) is 4.09. The fraction of sp³-hybridized carbons (Fsp3) is 0.667. The van der Waals surface area contributed by atoms with Gasteiger partial charge in [-0.05, 0) is 33.6 Å². The molecule has 17 heavy (non-hydrogen) atoms. The number of carbonyl (C=O) groups excluding carboxylic acids is 2. The summed E-state index contributed by atoms with van der Waals surface area (Å²) in [6, 6.07) is 0. The van der Waals surface area contributed by atoms with Crippen molar-refractivity contribution in [1.82, 2.24) is 5.32 Å². The number of ether oxygens (including phenoxy) is 2. The third-order valence-corrected chi connectivity index (χ3v) is 2.29. The molecule has 0 fully saturated rings. The zero-order chi connectivity index (χ0) is 13.1. The maximum atomic E-state index is 11.4. The van der Waals surface area contributed by atoms with Crippen LogP contribution in [-0.4, -0.2) is 31.2 Å². The Balaban J connectivity index is 2.42. The van der Waals surface area contributed by atoms with E-state index >= 15 is 0 Å². The van der Waals surface area contributed by atoms with Crippen LogP contribution in [0.1, 0.15) is 33.6 Å². The monoisotopic (exact) mass is 241 g/mol. The molecule has 1 aliphatic carbocycles. The molecule has 5 nitrogen and oxygen atoms in total. The lowest BCUT2D eigenvalue weighted by Gasteiger charge is -2.24. The summed E-state index contributed by atoms with van der Waals surface area (Å²) in [4.78, 5) is 22.7. The topological polar surface area (TPSA) is 64.6 Å². The molecule has 0 atom stereocenters. The Bertz CT molecular complexity index is 352. The van der Waals surface area contributed by atoms with Gasteiger partial charge in [-0.3, -0.25) is 4.79 Å². The molecule has 96 valence electrons. The van der Waals surface area contributed by atoms with E-state index in [4.69, 9.17) is 4.74 Å². The van der Waals surface area contributed by atoms with E-state index in [0.717, 1.165) is 12.1 Å². The molecule has 0 bridgehead atoms. The molecule has 0 aromatic rings. The summed E-state index contributed by atoms with van der Waals surface area (Å²) in [7, 11) is 1.35. The van der Waals surface area contributed by atoms with Crippen molar-refractivity contribution in [1.29, 1.82) is 0 Å². The molecule has 0 unspecified atom stereocenters. The highest BCUT2D eigenvalue weighted by atomic mass is 16.6. The number of carbonyl (C=O) groups is 2. The van der Waals surface area contributed by atoms with Crippen LogP contribution in [0.15, 0.2) is 11.3 Å². The molecule has 5 heteroatoms. The van der Waals surface area contributed by atoms with E-state index in [0.29, 0.717) is 12.0 Å². The first-order valence-corrected chi connectivity index (χ1v) is 5.59. The number of nitrogens with one attached hydrogen (secondary N) is 1. The predicted octanol–water partition coefficient (Wildman–Crippen LogP) is 1.14. The second kappa shape index (κ2) is 5.21. The zero-order valence-corrected chi connectivity index (χ0v) is 10.8. The van der Waals surface area contributed by atoms with Crippen LogP contribution in [0.5, 0.6) is 0 Å². The van der Waals surface area contributed by atoms with Gasteiger partial charge in [-0.1, -0.05) is 0 Å². The SMILES string of the molecule is COC(=O)C1=C(NCC(=O)OC(C)(C)C)CC1. The molecule has 0 aromatic heterocycles. The number of hydrogen-bond donors (Lipinski definition) is 1. The van der Waals surface area contributed by atoms with Crippen molar-refractivity contribution in [3.05, 3.63) is 11.3 Å². The fourth-order valence-corrected chi connectivity index (χ4v) is 1.47. The fourth-order valence-electron chi connectivity index (χ4n) is 1.47. The van der Waals surface area contributed by atoms with Gasteiger partial charge in [0.25, 0.3) is 0 Å². The van der Waals surface area contributed by atoms with Crippen molar-refractivity contribution in [2.75, 3.05) is 13.7 Å². The molecular formula is C12H19NO4. The Kier molecular flexibility index (Phi) is 4.15. The molecule has 1 N–H and O–H groups in total. The van der Waals surface area contributed by atoms with E-state index < -0.39 is 5.60 Å². The van der Waals surface area contributed by atoms with Gasteiger partial charge < -0.3 is 14.8 Å². The van der Waals surface area contributed by atoms with E-state index in [1.807, 2.05) is 20.8 Å². The van der Waals surface area contributed by atoms with E-state index in [-0.39, 0.29) is 18.5 Å². The zero-order valence-electron chi connectivity index (χ0n) is 10.8. The van der Waals surface area contributed by atoms with Crippen LogP contribution in [0.4, 0.5) is 0 Å². The van der Waals surface area contributed by atoms with Gasteiger partial charge in [0.1, 0.15) is 12.1 Å². The Morgan fingerprint density at radius 3 is 2.35 bits per heavy atom. The number of rotatable bonds is 4. The average Bonchev–Trinajstić information content (AvgIpc) is 2.13. The Morgan fingerprint density at radius 2 is 1.94 bits per heavy atom. The third-order valence-electron chi connectivity index (χ3n) is 2.29. The minimum absolute atomic E-state index is 0.0765. The Morgan fingerprint density at radius 1 is 1.29 bits per heavy atom. The average molecular weight is 241 g/mol. The van der Waals surface area contributed by atoms with Crippen molar-refractivity contribution in [2.24, 2.45) is 0 Å². The van der Waals surface area contributed by atoms with Crippen molar-refractivity contribution >= 4 is 11.9 Å². The van der Waals surface area contributed by atoms with Gasteiger partial charge in [0.2, 0.25) is 0 Å². The number of esters is 2. The molecule has 0 aliphatic heterocycles. The van der Waals surface area contributed by atoms with Gasteiger partial charge in [0.05, 0.1) is 12.7 Å². The number of methoxy groups -OCH3 is 1. The highest BCUT2D eigenvalue weighted by Crippen LogP contribution is 2.26. The first kappa shape index (κ1) is 13.5. The predicted molar refractivity (Wildman–Crippen MR) is 62.1 cm³/mol. The summed E-state index contributed by atoms with van der Waals surface area (Å²) in [5.41, 5.74) is 0.913. The second-order valence-corrected chi connectivity index (χ2v) is 4.89. The summed E-state index contributed by atoms with van der Waals surface area (Å²) in [6.45, 7) is 5.52. The highest BCUT2D eigenvalue weighted by Gasteiger charge is 2.25. The van der Waals surface area contributed by atoms with Crippen LogP contribution in [0.2, 0.25) is 0 Å². The molecule has 1 aliphatic rings. The molecular weight excluding hydrogens is 222 g/mol. The highest BCUT2D eigenvalue weighted by molar-refractivity contribution is 5.91. The van der Waals surface area contributed by atoms with Crippen LogP contribution in [0.25, 0.3) is 0 Å². The summed E-state index contributed by atoms with van der Waals surface area (Å²) in [6.07, 6.45) is 1.47. The lowest BCUT2D eigenvalue weighted by atomic mass is 9.94. The molecule has 1 rings (SSSR count). The van der Waals surface area contributed by atoms with Gasteiger partial charge >= 0.3 is 11.9 Å². The second-order valence-electron chi connectivity index (χ2n) is 4.89. The van der Waals surface area contributed by atoms with Crippen molar-refractivity contribution < 1.29 is 19.1 Å². The summed E-state index contributed by atoms with van der Waals surface area (Å²) < 4.78 is 9.76. The van der Waals surface area contributed by atoms with E-state index in [1.165, 1.54) is 7.11 Å². The quantitative estimate of drug-likeness (QED) is 0.748. The molecule has 0 saturated heterocycles. The van der Waals surface area contributed by atoms with Gasteiger partial charge in [-0.25, -0.2) is 4.79 Å². The normalized spacial score (nSPS) is 15.1. The van der Waals surface area contributed by atoms with Crippen molar-refractivity contribution in [2.45, 2.75) is 39.2 Å². The van der Waals surface area contributed by atoms with Gasteiger partial charge in [-0.15, -0.1) is 0 Å². The van der Waals surface area contributed by atoms with Crippen molar-refractivity contribution in [3.63, 3.8) is 0 Å². The maximum absolute atomic E-state index is 11.4. The lowest BCUT2D eigenvalue weighted by molar-refractivity contribution is -0.153. The Hall–Kier alpha value is -1.52. The Labute approximate surface area is 101 Å². The number of allylic oxidation sites excluding steroid dienone is 1. The minimum atomic E-state index is -0.488. The van der Waals surface area contributed by atoms with E-state index in [2.05, 4.69) is 10.1 Å². The van der Waals surface area contributed by atoms with E-state index in [1.54, 1.807) is 0 Å². The first-order valence-electron chi connectivity index (χ1n) is 5.59. The van der Waals surface area contributed by atoms with Crippen LogP contribution in [-0.2, 0) is 19.1 Å². The van der Waals surface area contributed by atoms with Crippen LogP contribution >= 0.6 is 0 Å². The molecule has 0 saturated carbocycles. The van der Waals surface area contributed by atoms with Crippen LogP contribution < -0.4 is 5.32 Å². The van der Waals surface area contributed by atoms with Gasteiger partial charge in [0, 0.05) is 5.70 Å². The largest absolute Gasteiger partial charge is 0.466 e. The van der Waals surface area contributed by atoms with E-state index in [9.17, 15) is 9.59 Å². The van der Waals surface area contributed by atoms with Crippen LogP contribution in [0, 0.1) is 0 Å².